The van der Waals surface area contributed by atoms with E-state index in [9.17, 15) is 9.18 Å². The van der Waals surface area contributed by atoms with Crippen molar-refractivity contribution >= 4 is 6.29 Å². The van der Waals surface area contributed by atoms with E-state index < -0.39 is 0 Å². The minimum absolute atomic E-state index is 0.323. The Morgan fingerprint density at radius 3 is 2.81 bits per heavy atom. The number of hydrogen-bond donors (Lipinski definition) is 0. The summed E-state index contributed by atoms with van der Waals surface area (Å²) in [7, 11) is 0. The highest BCUT2D eigenvalue weighted by atomic mass is 19.1. The van der Waals surface area contributed by atoms with Crippen LogP contribution in [-0.4, -0.2) is 11.3 Å². The summed E-state index contributed by atoms with van der Waals surface area (Å²) < 4.78 is 13.1. The molecular weight excluding hydrogens is 205 g/mol. The zero-order valence-corrected chi connectivity index (χ0v) is 8.77. The van der Waals surface area contributed by atoms with Crippen LogP contribution in [0.15, 0.2) is 36.5 Å². The molecule has 3 heteroatoms. The topological polar surface area (TPSA) is 30.0 Å². The summed E-state index contributed by atoms with van der Waals surface area (Å²) in [5, 5.41) is 0. The van der Waals surface area contributed by atoms with Gasteiger partial charge in [0.15, 0.2) is 6.29 Å². The Labute approximate surface area is 92.8 Å². The van der Waals surface area contributed by atoms with Crippen molar-refractivity contribution in [2.24, 2.45) is 0 Å². The van der Waals surface area contributed by atoms with Gasteiger partial charge in [-0.25, -0.2) is 4.39 Å². The van der Waals surface area contributed by atoms with Gasteiger partial charge in [-0.3, -0.25) is 9.78 Å². The average Bonchev–Trinajstić information content (AvgIpc) is 2.29. The lowest BCUT2D eigenvalue weighted by Gasteiger charge is -2.05. The molecule has 0 bridgehead atoms. The quantitative estimate of drug-likeness (QED) is 0.721. The molecule has 0 amide bonds. The van der Waals surface area contributed by atoms with E-state index in [4.69, 9.17) is 0 Å². The lowest BCUT2D eigenvalue weighted by atomic mass is 10.0. The normalized spacial score (nSPS) is 10.1. The first-order valence-electron chi connectivity index (χ1n) is 4.88. The fourth-order valence-corrected chi connectivity index (χ4v) is 1.56. The van der Waals surface area contributed by atoms with Gasteiger partial charge in [0.1, 0.15) is 11.5 Å². The van der Waals surface area contributed by atoms with Crippen LogP contribution in [-0.2, 0) is 0 Å². The predicted molar refractivity (Wildman–Crippen MR) is 59.8 cm³/mol. The van der Waals surface area contributed by atoms with Crippen LogP contribution in [0.3, 0.4) is 0 Å². The molecule has 1 aromatic carbocycles. The van der Waals surface area contributed by atoms with Crippen molar-refractivity contribution in [3.05, 3.63) is 53.6 Å². The van der Waals surface area contributed by atoms with Crippen LogP contribution in [0.25, 0.3) is 11.1 Å². The number of aromatic nitrogens is 1. The molecule has 2 aromatic rings. The number of aldehydes is 1. The molecule has 1 aromatic heterocycles. The van der Waals surface area contributed by atoms with Gasteiger partial charge in [-0.1, -0.05) is 12.1 Å². The number of halogens is 1. The number of hydrogen-bond acceptors (Lipinski definition) is 2. The Kier molecular flexibility index (Phi) is 2.77. The molecule has 0 radical (unpaired) electrons. The van der Waals surface area contributed by atoms with Gasteiger partial charge in [0.25, 0.3) is 0 Å². The van der Waals surface area contributed by atoms with E-state index in [1.807, 2.05) is 13.0 Å². The Bertz CT molecular complexity index is 537. The number of rotatable bonds is 2. The minimum atomic E-state index is -0.323. The highest BCUT2D eigenvalue weighted by Crippen LogP contribution is 2.23. The van der Waals surface area contributed by atoms with Gasteiger partial charge >= 0.3 is 0 Å². The van der Waals surface area contributed by atoms with Crippen molar-refractivity contribution in [1.29, 1.82) is 0 Å². The summed E-state index contributed by atoms with van der Waals surface area (Å²) in [6.45, 7) is 1.88. The van der Waals surface area contributed by atoms with Crippen molar-refractivity contribution in [3.8, 4) is 11.1 Å². The molecule has 0 unspecified atom stereocenters. The molecule has 0 saturated carbocycles. The molecule has 1 heterocycles. The van der Waals surface area contributed by atoms with Crippen LogP contribution in [0.4, 0.5) is 4.39 Å². The average molecular weight is 215 g/mol. The standard InChI is InChI=1S/C13H10FNO/c1-9-5-12(13(8-16)15-7-9)10-3-2-4-11(14)6-10/h2-8H,1H3. The number of benzene rings is 1. The van der Waals surface area contributed by atoms with Gasteiger partial charge in [0.05, 0.1) is 0 Å². The zero-order chi connectivity index (χ0) is 11.5. The lowest BCUT2D eigenvalue weighted by Crippen LogP contribution is -1.93. The van der Waals surface area contributed by atoms with Crippen molar-refractivity contribution in [2.45, 2.75) is 6.92 Å². The van der Waals surface area contributed by atoms with Gasteiger partial charge < -0.3 is 0 Å². The molecule has 0 saturated heterocycles. The summed E-state index contributed by atoms with van der Waals surface area (Å²) in [5.41, 5.74) is 2.59. The first-order valence-corrected chi connectivity index (χ1v) is 4.88. The third-order valence-electron chi connectivity index (χ3n) is 2.30. The van der Waals surface area contributed by atoms with Gasteiger partial charge in [0, 0.05) is 11.8 Å². The first-order chi connectivity index (χ1) is 7.70. The SMILES string of the molecule is Cc1cnc(C=O)c(-c2cccc(F)c2)c1. The van der Waals surface area contributed by atoms with Crippen molar-refractivity contribution in [3.63, 3.8) is 0 Å². The first kappa shape index (κ1) is 10.5. The van der Waals surface area contributed by atoms with Gasteiger partial charge in [-0.05, 0) is 36.2 Å². The van der Waals surface area contributed by atoms with Crippen molar-refractivity contribution in [1.82, 2.24) is 4.98 Å². The third kappa shape index (κ3) is 1.98. The highest BCUT2D eigenvalue weighted by molar-refractivity contribution is 5.85. The van der Waals surface area contributed by atoms with Crippen molar-refractivity contribution in [2.75, 3.05) is 0 Å². The second-order valence-electron chi connectivity index (χ2n) is 3.57. The number of nitrogens with zero attached hydrogens (tertiary/aromatic N) is 1. The maximum atomic E-state index is 13.1. The number of carbonyl (C=O) groups is 1. The number of pyridine rings is 1. The van der Waals surface area contributed by atoms with E-state index in [-0.39, 0.29) is 5.82 Å². The minimum Gasteiger partial charge on any atom is -0.296 e. The van der Waals surface area contributed by atoms with Crippen LogP contribution in [0.1, 0.15) is 16.1 Å². The van der Waals surface area contributed by atoms with Crippen LogP contribution in [0.2, 0.25) is 0 Å². The summed E-state index contributed by atoms with van der Waals surface area (Å²) in [6, 6.07) is 7.95. The zero-order valence-electron chi connectivity index (χ0n) is 8.77. The van der Waals surface area contributed by atoms with E-state index >= 15 is 0 Å². The van der Waals surface area contributed by atoms with Gasteiger partial charge in [-0.2, -0.15) is 0 Å². The molecule has 80 valence electrons. The van der Waals surface area contributed by atoms with Crippen LogP contribution < -0.4 is 0 Å². The number of carbonyl (C=O) groups excluding carboxylic acids is 1. The Balaban J connectivity index is 2.62. The molecule has 0 N–H and O–H groups in total. The molecule has 0 spiro atoms. The van der Waals surface area contributed by atoms with E-state index in [0.29, 0.717) is 23.1 Å². The van der Waals surface area contributed by atoms with E-state index in [1.165, 1.54) is 12.1 Å². The van der Waals surface area contributed by atoms with Gasteiger partial charge in [0.2, 0.25) is 0 Å². The molecule has 0 fully saturated rings. The fourth-order valence-electron chi connectivity index (χ4n) is 1.56. The summed E-state index contributed by atoms with van der Waals surface area (Å²) >= 11 is 0. The monoisotopic (exact) mass is 215 g/mol. The third-order valence-corrected chi connectivity index (χ3v) is 2.30. The fraction of sp³-hybridized carbons (Fsp3) is 0.0769. The molecule has 0 atom stereocenters. The largest absolute Gasteiger partial charge is 0.296 e. The number of aryl methyl sites for hydroxylation is 1. The second-order valence-corrected chi connectivity index (χ2v) is 3.57. The Morgan fingerprint density at radius 1 is 1.31 bits per heavy atom. The molecule has 16 heavy (non-hydrogen) atoms. The predicted octanol–water partition coefficient (Wildman–Crippen LogP) is 3.01. The molecule has 0 aliphatic rings. The Hall–Kier alpha value is -2.03. The smallest absolute Gasteiger partial charge is 0.169 e. The molecular formula is C13H10FNO. The van der Waals surface area contributed by atoms with E-state index in [1.54, 1.807) is 18.3 Å². The lowest BCUT2D eigenvalue weighted by molar-refractivity contribution is 0.111. The second kappa shape index (κ2) is 4.23. The summed E-state index contributed by atoms with van der Waals surface area (Å²) in [4.78, 5) is 14.9. The molecule has 0 aliphatic carbocycles. The molecule has 2 rings (SSSR count). The van der Waals surface area contributed by atoms with E-state index in [0.717, 1.165) is 5.56 Å². The van der Waals surface area contributed by atoms with Crippen LogP contribution >= 0.6 is 0 Å². The molecule has 0 aliphatic heterocycles. The summed E-state index contributed by atoms with van der Waals surface area (Å²) in [6.07, 6.45) is 2.30. The van der Waals surface area contributed by atoms with Crippen LogP contribution in [0.5, 0.6) is 0 Å². The highest BCUT2D eigenvalue weighted by Gasteiger charge is 2.06. The van der Waals surface area contributed by atoms with Gasteiger partial charge in [-0.15, -0.1) is 0 Å². The maximum absolute atomic E-state index is 13.1. The van der Waals surface area contributed by atoms with E-state index in [2.05, 4.69) is 4.98 Å². The Morgan fingerprint density at radius 2 is 2.12 bits per heavy atom. The maximum Gasteiger partial charge on any atom is 0.169 e. The summed E-state index contributed by atoms with van der Waals surface area (Å²) in [5.74, 6) is -0.323. The van der Waals surface area contributed by atoms with Crippen molar-refractivity contribution < 1.29 is 9.18 Å². The molecule has 2 nitrogen and oxygen atoms in total. The van der Waals surface area contributed by atoms with Crippen LogP contribution in [0, 0.1) is 12.7 Å².